The molecule has 1 nitrogen and oxygen atoms in total. The van der Waals surface area contributed by atoms with Gasteiger partial charge >= 0.3 is 0 Å². The molecule has 0 radical (unpaired) electrons. The van der Waals surface area contributed by atoms with Gasteiger partial charge in [-0.05, 0) is 85.0 Å². The number of nitrogens with zero attached hydrogens (tertiary/aromatic N) is 1. The summed E-state index contributed by atoms with van der Waals surface area (Å²) in [5.41, 5.74) is 3.21. The largest absolute Gasteiger partial charge is 0.300 e. The second kappa shape index (κ2) is 6.90. The van der Waals surface area contributed by atoms with Crippen molar-refractivity contribution in [3.8, 4) is 0 Å². The van der Waals surface area contributed by atoms with E-state index in [1.807, 2.05) is 0 Å². The summed E-state index contributed by atoms with van der Waals surface area (Å²) in [5.74, 6) is 0. The van der Waals surface area contributed by atoms with E-state index >= 15 is 0 Å². The summed E-state index contributed by atoms with van der Waals surface area (Å²) in [7, 11) is 0. The van der Waals surface area contributed by atoms with E-state index in [0.717, 1.165) is 6.04 Å². The van der Waals surface area contributed by atoms with Crippen molar-refractivity contribution in [3.05, 3.63) is 32.9 Å². The van der Waals surface area contributed by atoms with Crippen molar-refractivity contribution in [1.29, 1.82) is 0 Å². The van der Waals surface area contributed by atoms with Crippen molar-refractivity contribution in [2.24, 2.45) is 0 Å². The van der Waals surface area contributed by atoms with Crippen LogP contribution < -0.4 is 0 Å². The summed E-state index contributed by atoms with van der Waals surface area (Å²) >= 11 is 2.50. The Hall–Kier alpha value is -0.0900. The van der Waals surface area contributed by atoms with Crippen LogP contribution in [-0.2, 0) is 12.8 Å². The Labute approximate surface area is 125 Å². The molecular formula is C16H24IN. The van der Waals surface area contributed by atoms with Gasteiger partial charge in [0.05, 0.1) is 0 Å². The minimum atomic E-state index is 0.772. The van der Waals surface area contributed by atoms with Gasteiger partial charge in [-0.1, -0.05) is 26.0 Å². The SMILES string of the molecule is CCCN(CCC)C1CCc2cccc(I)c2C1. The predicted octanol–water partition coefficient (Wildman–Crippen LogP) is 4.27. The van der Waals surface area contributed by atoms with Crippen LogP contribution in [0.5, 0.6) is 0 Å². The number of fused-ring (bicyclic) bond motifs is 1. The summed E-state index contributed by atoms with van der Waals surface area (Å²) in [6.45, 7) is 7.11. The van der Waals surface area contributed by atoms with Crippen LogP contribution in [0.4, 0.5) is 0 Å². The van der Waals surface area contributed by atoms with E-state index in [2.05, 4.69) is 59.5 Å². The highest BCUT2D eigenvalue weighted by atomic mass is 127. The first-order valence-corrected chi connectivity index (χ1v) is 8.34. The molecule has 1 aromatic rings. The zero-order chi connectivity index (χ0) is 13.0. The molecular weight excluding hydrogens is 333 g/mol. The van der Waals surface area contributed by atoms with Crippen LogP contribution in [0.1, 0.15) is 44.2 Å². The fourth-order valence-corrected chi connectivity index (χ4v) is 3.86. The van der Waals surface area contributed by atoms with Crippen LogP contribution in [0.25, 0.3) is 0 Å². The van der Waals surface area contributed by atoms with Crippen molar-refractivity contribution < 1.29 is 0 Å². The zero-order valence-corrected chi connectivity index (χ0v) is 13.7. The number of halogens is 1. The molecule has 0 fully saturated rings. The fraction of sp³-hybridized carbons (Fsp3) is 0.625. The molecule has 0 aromatic heterocycles. The third kappa shape index (κ3) is 3.27. The standard InChI is InChI=1S/C16H24IN/c1-3-10-18(11-4-2)14-9-8-13-6-5-7-16(17)15(13)12-14/h5-7,14H,3-4,8-12H2,1-2H3. The Balaban J connectivity index is 2.12. The minimum Gasteiger partial charge on any atom is -0.300 e. The Morgan fingerprint density at radius 3 is 2.61 bits per heavy atom. The molecule has 1 aliphatic rings. The van der Waals surface area contributed by atoms with E-state index in [9.17, 15) is 0 Å². The molecule has 0 spiro atoms. The number of aryl methyl sites for hydroxylation is 1. The first-order chi connectivity index (χ1) is 8.76. The average Bonchev–Trinajstić information content (AvgIpc) is 2.39. The molecule has 1 unspecified atom stereocenters. The molecule has 100 valence electrons. The Bertz CT molecular complexity index is 383. The molecule has 1 aliphatic carbocycles. The van der Waals surface area contributed by atoms with Gasteiger partial charge < -0.3 is 4.90 Å². The van der Waals surface area contributed by atoms with E-state index in [1.165, 1.54) is 48.8 Å². The lowest BCUT2D eigenvalue weighted by atomic mass is 9.87. The molecule has 0 saturated heterocycles. The second-order valence-electron chi connectivity index (χ2n) is 5.31. The smallest absolute Gasteiger partial charge is 0.0165 e. The lowest BCUT2D eigenvalue weighted by Gasteiger charge is -2.35. The van der Waals surface area contributed by atoms with Crippen molar-refractivity contribution in [2.45, 2.75) is 52.0 Å². The number of hydrogen-bond acceptors (Lipinski definition) is 1. The molecule has 18 heavy (non-hydrogen) atoms. The molecule has 0 aliphatic heterocycles. The van der Waals surface area contributed by atoms with Gasteiger partial charge in [-0.15, -0.1) is 0 Å². The van der Waals surface area contributed by atoms with Crippen molar-refractivity contribution in [1.82, 2.24) is 4.90 Å². The van der Waals surface area contributed by atoms with Crippen LogP contribution >= 0.6 is 22.6 Å². The lowest BCUT2D eigenvalue weighted by molar-refractivity contribution is 0.180. The first kappa shape index (κ1) is 14.3. The van der Waals surface area contributed by atoms with Gasteiger partial charge in [0.25, 0.3) is 0 Å². The number of benzene rings is 1. The lowest BCUT2D eigenvalue weighted by Crippen LogP contribution is -2.40. The average molecular weight is 357 g/mol. The van der Waals surface area contributed by atoms with Gasteiger partial charge in [-0.3, -0.25) is 0 Å². The quantitative estimate of drug-likeness (QED) is 0.712. The summed E-state index contributed by atoms with van der Waals surface area (Å²) in [6, 6.07) is 7.55. The van der Waals surface area contributed by atoms with E-state index < -0.39 is 0 Å². The van der Waals surface area contributed by atoms with Crippen molar-refractivity contribution in [2.75, 3.05) is 13.1 Å². The Kier molecular flexibility index (Phi) is 5.49. The van der Waals surface area contributed by atoms with Crippen molar-refractivity contribution >= 4 is 22.6 Å². The van der Waals surface area contributed by atoms with Crippen LogP contribution in [0, 0.1) is 3.57 Å². The van der Waals surface area contributed by atoms with Gasteiger partial charge in [-0.2, -0.15) is 0 Å². The van der Waals surface area contributed by atoms with Crippen LogP contribution in [0.3, 0.4) is 0 Å². The molecule has 2 rings (SSSR count). The fourth-order valence-electron chi connectivity index (χ4n) is 3.09. The highest BCUT2D eigenvalue weighted by Crippen LogP contribution is 2.28. The van der Waals surface area contributed by atoms with Gasteiger partial charge in [-0.25, -0.2) is 0 Å². The maximum absolute atomic E-state index is 2.71. The third-order valence-electron chi connectivity index (χ3n) is 3.94. The zero-order valence-electron chi connectivity index (χ0n) is 11.6. The molecule has 0 saturated carbocycles. The Morgan fingerprint density at radius 1 is 1.22 bits per heavy atom. The molecule has 1 atom stereocenters. The van der Waals surface area contributed by atoms with E-state index in [1.54, 1.807) is 11.1 Å². The topological polar surface area (TPSA) is 3.24 Å². The summed E-state index contributed by atoms with van der Waals surface area (Å²) in [4.78, 5) is 2.71. The first-order valence-electron chi connectivity index (χ1n) is 7.26. The van der Waals surface area contributed by atoms with Gasteiger partial charge in [0.15, 0.2) is 0 Å². The third-order valence-corrected chi connectivity index (χ3v) is 4.95. The normalized spacial score (nSPS) is 19.0. The second-order valence-corrected chi connectivity index (χ2v) is 6.47. The monoisotopic (exact) mass is 357 g/mol. The molecule has 0 bridgehead atoms. The highest BCUT2D eigenvalue weighted by Gasteiger charge is 2.24. The van der Waals surface area contributed by atoms with Gasteiger partial charge in [0.2, 0.25) is 0 Å². The van der Waals surface area contributed by atoms with E-state index in [0.29, 0.717) is 0 Å². The van der Waals surface area contributed by atoms with E-state index in [-0.39, 0.29) is 0 Å². The molecule has 0 heterocycles. The molecule has 0 amide bonds. The van der Waals surface area contributed by atoms with E-state index in [4.69, 9.17) is 0 Å². The predicted molar refractivity (Wildman–Crippen MR) is 87.1 cm³/mol. The summed E-state index contributed by atoms with van der Waals surface area (Å²) in [5, 5.41) is 0. The van der Waals surface area contributed by atoms with Crippen LogP contribution in [0.2, 0.25) is 0 Å². The summed E-state index contributed by atoms with van der Waals surface area (Å²) < 4.78 is 1.46. The van der Waals surface area contributed by atoms with Gasteiger partial charge in [0, 0.05) is 9.61 Å². The minimum absolute atomic E-state index is 0.772. The molecule has 0 N–H and O–H groups in total. The highest BCUT2D eigenvalue weighted by molar-refractivity contribution is 14.1. The van der Waals surface area contributed by atoms with Crippen LogP contribution in [0.15, 0.2) is 18.2 Å². The van der Waals surface area contributed by atoms with Crippen LogP contribution in [-0.4, -0.2) is 24.0 Å². The Morgan fingerprint density at radius 2 is 1.94 bits per heavy atom. The molecule has 1 aromatic carbocycles. The molecule has 2 heteroatoms. The number of hydrogen-bond donors (Lipinski definition) is 0. The number of rotatable bonds is 5. The maximum Gasteiger partial charge on any atom is 0.0165 e. The maximum atomic E-state index is 2.71. The summed E-state index contributed by atoms with van der Waals surface area (Å²) in [6.07, 6.45) is 6.41. The van der Waals surface area contributed by atoms with Crippen molar-refractivity contribution in [3.63, 3.8) is 0 Å². The van der Waals surface area contributed by atoms with Gasteiger partial charge in [0.1, 0.15) is 0 Å².